The smallest absolute Gasteiger partial charge is 0.319 e. The number of hydrogen-bond acceptors (Lipinski definition) is 7. The minimum absolute atomic E-state index is 0.0300. The van der Waals surface area contributed by atoms with Gasteiger partial charge in [0.05, 0.1) is 5.39 Å². The van der Waals surface area contributed by atoms with Crippen LogP contribution in [0.15, 0.2) is 54.2 Å². The number of benzene rings is 2. The molecule has 8 nitrogen and oxygen atoms in total. The third-order valence-electron chi connectivity index (χ3n) is 8.38. The Hall–Kier alpha value is -3.96. The van der Waals surface area contributed by atoms with Gasteiger partial charge in [0.1, 0.15) is 36.5 Å². The molecular formula is C32H32ClF3N6O2. The Bertz CT molecular complexity index is 1740. The quantitative estimate of drug-likeness (QED) is 0.247. The Kier molecular flexibility index (Phi) is 8.59. The number of amides is 1. The van der Waals surface area contributed by atoms with Crippen LogP contribution >= 0.6 is 11.6 Å². The van der Waals surface area contributed by atoms with Gasteiger partial charge in [-0.3, -0.25) is 14.7 Å². The first-order valence-electron chi connectivity index (χ1n) is 14.5. The van der Waals surface area contributed by atoms with Crippen LogP contribution in [-0.2, 0) is 4.79 Å². The summed E-state index contributed by atoms with van der Waals surface area (Å²) in [5.74, 6) is -0.451. The van der Waals surface area contributed by atoms with Crippen LogP contribution in [0.5, 0.6) is 6.01 Å². The minimum atomic E-state index is -0.942. The maximum Gasteiger partial charge on any atom is 0.319 e. The van der Waals surface area contributed by atoms with E-state index in [2.05, 4.69) is 15.0 Å². The first-order chi connectivity index (χ1) is 21.2. The van der Waals surface area contributed by atoms with Crippen molar-refractivity contribution in [1.82, 2.24) is 24.8 Å². The van der Waals surface area contributed by atoms with Crippen molar-refractivity contribution in [3.05, 3.63) is 65.1 Å². The van der Waals surface area contributed by atoms with Crippen LogP contribution in [0.2, 0.25) is 5.02 Å². The number of fused-ring (bicyclic) bond motifs is 2. The summed E-state index contributed by atoms with van der Waals surface area (Å²) < 4.78 is 49.2. The summed E-state index contributed by atoms with van der Waals surface area (Å²) in [6, 6.07) is 10.8. The molecule has 230 valence electrons. The van der Waals surface area contributed by atoms with Gasteiger partial charge in [0, 0.05) is 66.5 Å². The fraction of sp³-hybridized carbons (Fsp3) is 0.375. The zero-order chi connectivity index (χ0) is 31.0. The van der Waals surface area contributed by atoms with Gasteiger partial charge >= 0.3 is 6.01 Å². The molecule has 6 rings (SSSR count). The van der Waals surface area contributed by atoms with Gasteiger partial charge in [-0.15, -0.1) is 0 Å². The molecule has 0 N–H and O–H groups in total. The van der Waals surface area contributed by atoms with E-state index < -0.39 is 18.7 Å². The third-order valence-corrected chi connectivity index (χ3v) is 8.70. The van der Waals surface area contributed by atoms with Crippen molar-refractivity contribution in [2.45, 2.75) is 25.6 Å². The highest BCUT2D eigenvalue weighted by Gasteiger charge is 2.31. The van der Waals surface area contributed by atoms with E-state index in [1.54, 1.807) is 30.2 Å². The molecule has 4 aromatic rings. The van der Waals surface area contributed by atoms with E-state index in [9.17, 15) is 13.6 Å². The first-order valence-corrected chi connectivity index (χ1v) is 14.9. The number of alkyl halides is 2. The molecule has 12 heteroatoms. The summed E-state index contributed by atoms with van der Waals surface area (Å²) in [6.45, 7) is 2.88. The van der Waals surface area contributed by atoms with Crippen LogP contribution in [0.3, 0.4) is 0 Å². The number of likely N-dealkylation sites (N-methyl/N-ethyl adjacent to an activating group) is 1. The Morgan fingerprint density at radius 1 is 1.14 bits per heavy atom. The number of allylic oxidation sites excluding steroid dienone is 1. The number of pyridine rings is 1. The van der Waals surface area contributed by atoms with Gasteiger partial charge < -0.3 is 14.5 Å². The Morgan fingerprint density at radius 2 is 1.89 bits per heavy atom. The molecule has 2 aliphatic heterocycles. The molecule has 2 fully saturated rings. The highest BCUT2D eigenvalue weighted by Crippen LogP contribution is 2.37. The molecule has 2 aromatic heterocycles. The lowest BCUT2D eigenvalue weighted by molar-refractivity contribution is -0.127. The van der Waals surface area contributed by atoms with Crippen LogP contribution in [0.4, 0.5) is 19.0 Å². The maximum absolute atomic E-state index is 16.5. The molecule has 0 aliphatic carbocycles. The van der Waals surface area contributed by atoms with Crippen LogP contribution in [0, 0.1) is 5.82 Å². The predicted octanol–water partition coefficient (Wildman–Crippen LogP) is 5.62. The molecule has 44 heavy (non-hydrogen) atoms. The number of aromatic nitrogens is 3. The summed E-state index contributed by atoms with van der Waals surface area (Å²) in [6.07, 6.45) is 2.20. The zero-order valence-corrected chi connectivity index (χ0v) is 25.2. The van der Waals surface area contributed by atoms with Crippen molar-refractivity contribution in [2.75, 3.05) is 58.0 Å². The van der Waals surface area contributed by atoms with Crippen LogP contribution < -0.4 is 9.64 Å². The van der Waals surface area contributed by atoms with Crippen LogP contribution in [-0.4, -0.2) is 95.9 Å². The summed E-state index contributed by atoms with van der Waals surface area (Å²) in [7, 11) is 1.83. The Balaban J connectivity index is 1.39. The lowest BCUT2D eigenvalue weighted by atomic mass is 10.0. The number of ether oxygens (including phenoxy) is 1. The number of nitrogens with zero attached hydrogens (tertiary/aromatic N) is 6. The van der Waals surface area contributed by atoms with E-state index in [0.717, 1.165) is 5.39 Å². The number of carbonyl (C=O) groups is 1. The van der Waals surface area contributed by atoms with Gasteiger partial charge in [-0.05, 0) is 37.9 Å². The highest BCUT2D eigenvalue weighted by molar-refractivity contribution is 6.36. The van der Waals surface area contributed by atoms with E-state index in [1.165, 1.54) is 6.08 Å². The number of halogens is 4. The molecule has 2 atom stereocenters. The SMILES string of the molecule is C/C(=C\CF)C(=O)N1CCN(c2nc(OC[C@@H]3C[C@@H](F)CN3C)nc3c(F)c(-c4cccc5cccc(Cl)c45)ncc23)CC1. The number of likely N-dealkylation sites (tertiary alicyclic amines) is 1. The molecule has 0 unspecified atom stereocenters. The summed E-state index contributed by atoms with van der Waals surface area (Å²) >= 11 is 6.55. The van der Waals surface area contributed by atoms with Crippen LogP contribution in [0.25, 0.3) is 32.9 Å². The molecule has 2 aliphatic rings. The lowest BCUT2D eigenvalue weighted by Crippen LogP contribution is -2.49. The predicted molar refractivity (Wildman–Crippen MR) is 165 cm³/mol. The lowest BCUT2D eigenvalue weighted by Gasteiger charge is -2.36. The van der Waals surface area contributed by atoms with Crippen molar-refractivity contribution >= 4 is 45.0 Å². The second-order valence-corrected chi connectivity index (χ2v) is 11.6. The van der Waals surface area contributed by atoms with Crippen molar-refractivity contribution in [2.24, 2.45) is 0 Å². The molecule has 0 spiro atoms. The van der Waals surface area contributed by atoms with Crippen LogP contribution in [0.1, 0.15) is 13.3 Å². The molecule has 1 amide bonds. The van der Waals surface area contributed by atoms with Gasteiger partial charge in [0.2, 0.25) is 5.91 Å². The fourth-order valence-electron chi connectivity index (χ4n) is 5.96. The van der Waals surface area contributed by atoms with Crippen molar-refractivity contribution in [3.8, 4) is 17.3 Å². The summed E-state index contributed by atoms with van der Waals surface area (Å²) in [5, 5.41) is 2.39. The number of carbonyl (C=O) groups excluding carboxylic acids is 1. The molecular weight excluding hydrogens is 593 g/mol. The van der Waals surface area contributed by atoms with Crippen molar-refractivity contribution in [3.63, 3.8) is 0 Å². The van der Waals surface area contributed by atoms with Crippen molar-refractivity contribution < 1.29 is 22.7 Å². The fourth-order valence-corrected chi connectivity index (χ4v) is 6.24. The third kappa shape index (κ3) is 5.78. The van der Waals surface area contributed by atoms with E-state index in [-0.39, 0.29) is 35.8 Å². The molecule has 2 aromatic carbocycles. The molecule has 2 saturated heterocycles. The van der Waals surface area contributed by atoms with Gasteiger partial charge in [0.15, 0.2) is 5.82 Å². The monoisotopic (exact) mass is 624 g/mol. The normalized spacial score (nSPS) is 19.7. The minimum Gasteiger partial charge on any atom is -0.462 e. The second kappa shape index (κ2) is 12.6. The largest absolute Gasteiger partial charge is 0.462 e. The number of hydrogen-bond donors (Lipinski definition) is 0. The standard InChI is InChI=1S/C32H32ClF3N6O2/c1-19(9-10-34)31(43)42-13-11-41(12-14-42)30-24-16-37-28(23-7-3-5-20-6-4-8-25(33)26(20)23)27(36)29(24)38-32(39-30)44-18-22-15-21(35)17-40(22)2/h3-9,16,21-22H,10-15,17-18H2,1-2H3/b19-9+/t21-,22+/m1/s1. The first kappa shape index (κ1) is 30.1. The van der Waals surface area contributed by atoms with Gasteiger partial charge in [0.25, 0.3) is 0 Å². The van der Waals surface area contributed by atoms with Gasteiger partial charge in [-0.25, -0.2) is 13.2 Å². The molecule has 0 saturated carbocycles. The average Bonchev–Trinajstić information content (AvgIpc) is 3.36. The number of piperazine rings is 1. The Labute approximate surface area is 258 Å². The summed E-state index contributed by atoms with van der Waals surface area (Å²) in [5.41, 5.74) is 1.000. The molecule has 4 heterocycles. The average molecular weight is 625 g/mol. The number of anilines is 1. The zero-order valence-electron chi connectivity index (χ0n) is 24.4. The second-order valence-electron chi connectivity index (χ2n) is 11.2. The van der Waals surface area contributed by atoms with E-state index in [1.807, 2.05) is 41.1 Å². The highest BCUT2D eigenvalue weighted by atomic mass is 35.5. The van der Waals surface area contributed by atoms with E-state index in [4.69, 9.17) is 16.3 Å². The van der Waals surface area contributed by atoms with E-state index in [0.29, 0.717) is 71.9 Å². The van der Waals surface area contributed by atoms with Crippen molar-refractivity contribution in [1.29, 1.82) is 0 Å². The van der Waals surface area contributed by atoms with Gasteiger partial charge in [-0.2, -0.15) is 9.97 Å². The van der Waals surface area contributed by atoms with Gasteiger partial charge in [-0.1, -0.05) is 41.9 Å². The molecule has 0 radical (unpaired) electrons. The topological polar surface area (TPSA) is 74.7 Å². The number of rotatable bonds is 7. The molecule has 0 bridgehead atoms. The maximum atomic E-state index is 16.5. The summed E-state index contributed by atoms with van der Waals surface area (Å²) in [4.78, 5) is 31.9. The Morgan fingerprint density at radius 3 is 2.59 bits per heavy atom. The van der Waals surface area contributed by atoms with E-state index >= 15 is 4.39 Å².